The quantitative estimate of drug-likeness (QED) is 0.937. The summed E-state index contributed by atoms with van der Waals surface area (Å²) in [7, 11) is 0. The summed E-state index contributed by atoms with van der Waals surface area (Å²) in [5.41, 5.74) is 2.81. The van der Waals surface area contributed by atoms with Crippen LogP contribution in [-0.4, -0.2) is 21.1 Å². The van der Waals surface area contributed by atoms with Crippen molar-refractivity contribution in [1.29, 1.82) is 0 Å². The first kappa shape index (κ1) is 15.0. The lowest BCUT2D eigenvalue weighted by Crippen LogP contribution is -2.25. The minimum absolute atomic E-state index is 0.0424. The van der Waals surface area contributed by atoms with Crippen LogP contribution in [0.5, 0.6) is 0 Å². The van der Waals surface area contributed by atoms with E-state index in [1.54, 1.807) is 30.2 Å². The Morgan fingerprint density at radius 1 is 1.27 bits per heavy atom. The average molecular weight is 313 g/mol. The smallest absolute Gasteiger partial charge is 0.239 e. The van der Waals surface area contributed by atoms with Crippen LogP contribution in [0.2, 0.25) is 0 Å². The van der Waals surface area contributed by atoms with Crippen molar-refractivity contribution in [2.45, 2.75) is 36.7 Å². The molecule has 1 heterocycles. The number of benzene rings is 1. The Balaban J connectivity index is 1.65. The zero-order valence-electron chi connectivity index (χ0n) is 12.5. The maximum Gasteiger partial charge on any atom is 0.239 e. The maximum absolute atomic E-state index is 12.3. The summed E-state index contributed by atoms with van der Waals surface area (Å²) < 4.78 is 0. The lowest BCUT2D eigenvalue weighted by molar-refractivity contribution is -0.115. The lowest BCUT2D eigenvalue weighted by atomic mass is 9.91. The van der Waals surface area contributed by atoms with Gasteiger partial charge in [0.15, 0.2) is 0 Å². The summed E-state index contributed by atoms with van der Waals surface area (Å²) in [4.78, 5) is 20.3. The van der Waals surface area contributed by atoms with Gasteiger partial charge in [-0.1, -0.05) is 24.3 Å². The molecule has 0 unspecified atom stereocenters. The van der Waals surface area contributed by atoms with Gasteiger partial charge >= 0.3 is 0 Å². The highest BCUT2D eigenvalue weighted by molar-refractivity contribution is 8.00. The highest BCUT2D eigenvalue weighted by Gasteiger charge is 2.25. The van der Waals surface area contributed by atoms with E-state index >= 15 is 0 Å². The van der Waals surface area contributed by atoms with Crippen molar-refractivity contribution in [2.24, 2.45) is 0 Å². The molecule has 0 radical (unpaired) electrons. The summed E-state index contributed by atoms with van der Waals surface area (Å²) >= 11 is 1.72. The van der Waals surface area contributed by atoms with Crippen LogP contribution in [0.3, 0.4) is 0 Å². The third-order valence-corrected chi connectivity index (χ3v) is 5.29. The third-order valence-electron chi connectivity index (χ3n) is 3.85. The molecule has 0 aliphatic heterocycles. The second-order valence-electron chi connectivity index (χ2n) is 5.42. The van der Waals surface area contributed by atoms with Gasteiger partial charge < -0.3 is 0 Å². The van der Waals surface area contributed by atoms with Crippen molar-refractivity contribution < 1.29 is 4.79 Å². The van der Waals surface area contributed by atoms with Crippen molar-refractivity contribution in [1.82, 2.24) is 9.97 Å². The molecule has 0 fully saturated rings. The first-order chi connectivity index (χ1) is 10.7. The molecule has 5 heteroatoms. The Bertz CT molecular complexity index is 647. The molecule has 0 saturated carbocycles. The Morgan fingerprint density at radius 3 is 2.86 bits per heavy atom. The number of fused-ring (bicyclic) bond motifs is 1. The number of thioether (sulfide) groups is 1. The van der Waals surface area contributed by atoms with Crippen LogP contribution in [0.4, 0.5) is 5.95 Å². The average Bonchev–Trinajstić information content (AvgIpc) is 2.56. The van der Waals surface area contributed by atoms with Crippen LogP contribution < -0.4 is 5.32 Å². The fourth-order valence-electron chi connectivity index (χ4n) is 2.73. The molecule has 1 aliphatic rings. The van der Waals surface area contributed by atoms with Gasteiger partial charge in [0.2, 0.25) is 11.9 Å². The van der Waals surface area contributed by atoms with Crippen molar-refractivity contribution in [2.75, 3.05) is 5.32 Å². The number of aryl methyl sites for hydroxylation is 1. The summed E-state index contributed by atoms with van der Waals surface area (Å²) in [6.07, 6.45) is 6.70. The molecule has 2 atom stereocenters. The number of nitrogens with one attached hydrogen (secondary N) is 1. The standard InChI is InChI=1S/C17H19N3OS/c1-12(16(21)20-17-18-10-5-11-19-17)22-15-9-4-7-13-6-2-3-8-14(13)15/h2-3,5-6,8,10-12,15H,4,7,9H2,1H3,(H,18,19,20,21)/t12-,15-/m0/s1. The van der Waals surface area contributed by atoms with Gasteiger partial charge in [-0.05, 0) is 43.4 Å². The molecular weight excluding hydrogens is 294 g/mol. The molecular formula is C17H19N3OS. The van der Waals surface area contributed by atoms with Crippen molar-refractivity contribution in [3.63, 3.8) is 0 Å². The number of carbonyl (C=O) groups is 1. The maximum atomic E-state index is 12.3. The Morgan fingerprint density at radius 2 is 2.05 bits per heavy atom. The Kier molecular flexibility index (Phi) is 4.73. The van der Waals surface area contributed by atoms with E-state index in [1.165, 1.54) is 17.5 Å². The first-order valence-corrected chi connectivity index (χ1v) is 8.49. The van der Waals surface area contributed by atoms with Gasteiger partial charge in [-0.2, -0.15) is 0 Å². The van der Waals surface area contributed by atoms with Crippen LogP contribution in [0, 0.1) is 0 Å². The van der Waals surface area contributed by atoms with E-state index in [-0.39, 0.29) is 11.2 Å². The minimum Gasteiger partial charge on any atom is -0.294 e. The van der Waals surface area contributed by atoms with Crippen LogP contribution in [0.1, 0.15) is 36.1 Å². The molecule has 22 heavy (non-hydrogen) atoms. The molecule has 1 N–H and O–H groups in total. The minimum atomic E-state index is -0.139. The molecule has 0 bridgehead atoms. The number of hydrogen-bond donors (Lipinski definition) is 1. The largest absolute Gasteiger partial charge is 0.294 e. The zero-order chi connectivity index (χ0) is 15.4. The van der Waals surface area contributed by atoms with E-state index < -0.39 is 0 Å². The number of nitrogens with zero attached hydrogens (tertiary/aromatic N) is 2. The van der Waals surface area contributed by atoms with E-state index in [1.807, 2.05) is 6.92 Å². The number of anilines is 1. The van der Waals surface area contributed by atoms with Gasteiger partial charge in [-0.15, -0.1) is 11.8 Å². The molecule has 1 aromatic carbocycles. The second-order valence-corrected chi connectivity index (χ2v) is 6.97. The van der Waals surface area contributed by atoms with E-state index in [4.69, 9.17) is 0 Å². The monoisotopic (exact) mass is 313 g/mol. The molecule has 1 aliphatic carbocycles. The van der Waals surface area contributed by atoms with Gasteiger partial charge in [-0.3, -0.25) is 10.1 Å². The normalized spacial score (nSPS) is 18.3. The summed E-state index contributed by atoms with van der Waals surface area (Å²) in [5.74, 6) is 0.322. The van der Waals surface area contributed by atoms with Crippen molar-refractivity contribution in [3.05, 3.63) is 53.9 Å². The van der Waals surface area contributed by atoms with Crippen LogP contribution in [0.25, 0.3) is 0 Å². The highest BCUT2D eigenvalue weighted by atomic mass is 32.2. The second kappa shape index (κ2) is 6.92. The molecule has 0 saturated heterocycles. The molecule has 2 aromatic rings. The summed E-state index contributed by atoms with van der Waals surface area (Å²) in [6, 6.07) is 10.3. The van der Waals surface area contributed by atoms with Crippen molar-refractivity contribution in [3.8, 4) is 0 Å². The number of hydrogen-bond acceptors (Lipinski definition) is 4. The molecule has 3 rings (SSSR count). The number of aromatic nitrogens is 2. The zero-order valence-corrected chi connectivity index (χ0v) is 13.3. The van der Waals surface area contributed by atoms with Crippen molar-refractivity contribution >= 4 is 23.6 Å². The summed E-state index contributed by atoms with van der Waals surface area (Å²) in [6.45, 7) is 1.94. The van der Waals surface area contributed by atoms with Gasteiger partial charge in [0.05, 0.1) is 5.25 Å². The van der Waals surface area contributed by atoms with Crippen LogP contribution in [-0.2, 0) is 11.2 Å². The van der Waals surface area contributed by atoms with Gasteiger partial charge in [0.25, 0.3) is 0 Å². The number of rotatable bonds is 4. The molecule has 114 valence electrons. The highest BCUT2D eigenvalue weighted by Crippen LogP contribution is 2.41. The van der Waals surface area contributed by atoms with E-state index in [9.17, 15) is 4.79 Å². The predicted molar refractivity (Wildman–Crippen MR) is 89.8 cm³/mol. The Labute approximate surface area is 134 Å². The lowest BCUT2D eigenvalue weighted by Gasteiger charge is -2.27. The third kappa shape index (κ3) is 3.47. The topological polar surface area (TPSA) is 54.9 Å². The van der Waals surface area contributed by atoms with E-state index in [0.29, 0.717) is 11.2 Å². The number of carbonyl (C=O) groups excluding carboxylic acids is 1. The summed E-state index contributed by atoms with van der Waals surface area (Å²) in [5, 5.41) is 3.03. The van der Waals surface area contributed by atoms with Gasteiger partial charge in [0, 0.05) is 17.6 Å². The SMILES string of the molecule is C[C@H](S[C@H]1CCCc2ccccc21)C(=O)Nc1ncccn1. The predicted octanol–water partition coefficient (Wildman–Crippen LogP) is 3.61. The Hall–Kier alpha value is -1.88. The van der Waals surface area contributed by atoms with E-state index in [2.05, 4.69) is 39.6 Å². The van der Waals surface area contributed by atoms with E-state index in [0.717, 1.165) is 12.8 Å². The number of amides is 1. The molecule has 0 spiro atoms. The fourth-order valence-corrected chi connectivity index (χ4v) is 4.09. The molecule has 1 amide bonds. The molecule has 4 nitrogen and oxygen atoms in total. The van der Waals surface area contributed by atoms with Crippen LogP contribution in [0.15, 0.2) is 42.7 Å². The van der Waals surface area contributed by atoms with Crippen LogP contribution >= 0.6 is 11.8 Å². The van der Waals surface area contributed by atoms with Gasteiger partial charge in [-0.25, -0.2) is 9.97 Å². The molecule has 1 aromatic heterocycles. The fraction of sp³-hybridized carbons (Fsp3) is 0.353. The van der Waals surface area contributed by atoms with Gasteiger partial charge in [0.1, 0.15) is 0 Å². The first-order valence-electron chi connectivity index (χ1n) is 7.55.